The van der Waals surface area contributed by atoms with Gasteiger partial charge in [0.05, 0.1) is 21.2 Å². The van der Waals surface area contributed by atoms with E-state index in [4.69, 9.17) is 19.5 Å². The monoisotopic (exact) mass is 446 g/mol. The van der Waals surface area contributed by atoms with Crippen molar-refractivity contribution in [1.29, 1.82) is 0 Å². The average Bonchev–Trinajstić information content (AvgIpc) is 2.83. The first kappa shape index (κ1) is 21.7. The van der Waals surface area contributed by atoms with Crippen molar-refractivity contribution in [1.82, 2.24) is 0 Å². The number of para-hydroxylation sites is 2. The number of hydrogen-bond donors (Lipinski definition) is 0. The molecular formula is C30H26N2O2. The Morgan fingerprint density at radius 2 is 0.882 bits per heavy atom. The molecule has 34 heavy (non-hydrogen) atoms. The molecule has 0 aromatic heterocycles. The van der Waals surface area contributed by atoms with Crippen LogP contribution in [-0.4, -0.2) is 0 Å². The van der Waals surface area contributed by atoms with Crippen LogP contribution in [0.2, 0.25) is 0 Å². The molecule has 4 nitrogen and oxygen atoms in total. The maximum Gasteiger partial charge on any atom is 0.229 e. The van der Waals surface area contributed by atoms with Crippen LogP contribution in [0.1, 0.15) is 22.3 Å². The molecule has 168 valence electrons. The molecule has 0 amide bonds. The lowest BCUT2D eigenvalue weighted by Gasteiger charge is -2.13. The summed E-state index contributed by atoms with van der Waals surface area (Å²) in [5, 5.41) is 3.09. The van der Waals surface area contributed by atoms with E-state index < -0.39 is 0 Å². The lowest BCUT2D eigenvalue weighted by atomic mass is 10.1. The highest BCUT2D eigenvalue weighted by molar-refractivity contribution is 5.50. The molecule has 1 heterocycles. The van der Waals surface area contributed by atoms with E-state index in [9.17, 15) is 0 Å². The molecule has 0 saturated heterocycles. The number of nitrogens with zero attached hydrogens (tertiary/aromatic N) is 2. The standard InChI is InChI=1S/C30H26N2O2/c1-19-11-9-17-27(21(19)3)33-29-23-13-5-7-15-25(23)32-30(24-14-6-8-16-26(24)31-29)34-28-18-10-12-20(2)22(28)4/h5-18H,1-4H3. The van der Waals surface area contributed by atoms with E-state index in [-0.39, 0.29) is 0 Å². The first-order chi connectivity index (χ1) is 16.5. The van der Waals surface area contributed by atoms with E-state index in [0.717, 1.165) is 43.8 Å². The van der Waals surface area contributed by atoms with Gasteiger partial charge in [0.2, 0.25) is 11.8 Å². The van der Waals surface area contributed by atoms with Crippen LogP contribution in [0.3, 0.4) is 0 Å². The molecule has 0 unspecified atom stereocenters. The van der Waals surface area contributed by atoms with Crippen LogP contribution in [0.15, 0.2) is 94.9 Å². The number of hydrogen-bond acceptors (Lipinski definition) is 4. The fraction of sp³-hybridized carbons (Fsp3) is 0.133. The van der Waals surface area contributed by atoms with E-state index in [1.807, 2.05) is 72.8 Å². The van der Waals surface area contributed by atoms with Gasteiger partial charge in [0.1, 0.15) is 11.5 Å². The third kappa shape index (κ3) is 4.11. The Hall–Kier alpha value is -4.18. The van der Waals surface area contributed by atoms with Gasteiger partial charge in [-0.2, -0.15) is 0 Å². The summed E-state index contributed by atoms with van der Waals surface area (Å²) in [5.41, 5.74) is 4.50. The normalized spacial score (nSPS) is 12.5. The summed E-state index contributed by atoms with van der Waals surface area (Å²) in [6.07, 6.45) is 0. The van der Waals surface area contributed by atoms with E-state index >= 15 is 0 Å². The molecular weight excluding hydrogens is 420 g/mol. The van der Waals surface area contributed by atoms with Crippen LogP contribution < -0.4 is 30.6 Å². The van der Waals surface area contributed by atoms with Gasteiger partial charge in [0.25, 0.3) is 0 Å². The lowest BCUT2D eigenvalue weighted by Crippen LogP contribution is -2.36. The van der Waals surface area contributed by atoms with Gasteiger partial charge < -0.3 is 9.47 Å². The number of fused-ring (bicyclic) bond motifs is 2. The van der Waals surface area contributed by atoms with Crippen LogP contribution in [-0.2, 0) is 0 Å². The quantitative estimate of drug-likeness (QED) is 0.472. The fourth-order valence-electron chi connectivity index (χ4n) is 3.88. The van der Waals surface area contributed by atoms with E-state index in [1.165, 1.54) is 11.1 Å². The summed E-state index contributed by atoms with van der Waals surface area (Å²) in [7, 11) is 0. The zero-order valence-corrected chi connectivity index (χ0v) is 19.8. The highest BCUT2D eigenvalue weighted by atomic mass is 16.5. The molecule has 1 aliphatic rings. The summed E-state index contributed by atoms with van der Waals surface area (Å²) < 4.78 is 12.8. The highest BCUT2D eigenvalue weighted by Gasteiger charge is 2.12. The van der Waals surface area contributed by atoms with Crippen molar-refractivity contribution in [2.75, 3.05) is 0 Å². The molecule has 1 aliphatic heterocycles. The first-order valence-electron chi connectivity index (χ1n) is 11.4. The summed E-state index contributed by atoms with van der Waals surface area (Å²) in [6, 6.07) is 27.8. The van der Waals surface area contributed by atoms with Crippen molar-refractivity contribution >= 4 is 11.8 Å². The minimum Gasteiger partial charge on any atom is -0.438 e. The zero-order chi connectivity index (χ0) is 23.7. The van der Waals surface area contributed by atoms with E-state index in [1.54, 1.807) is 0 Å². The molecule has 0 radical (unpaired) electrons. The third-order valence-electron chi connectivity index (χ3n) is 6.24. The van der Waals surface area contributed by atoms with Crippen molar-refractivity contribution in [2.24, 2.45) is 9.98 Å². The molecule has 0 fully saturated rings. The molecule has 5 rings (SSSR count). The number of aryl methyl sites for hydroxylation is 2. The average molecular weight is 447 g/mol. The molecule has 0 atom stereocenters. The third-order valence-corrected chi connectivity index (χ3v) is 6.24. The molecule has 4 aromatic carbocycles. The molecule has 0 spiro atoms. The van der Waals surface area contributed by atoms with Gasteiger partial charge >= 0.3 is 0 Å². The molecule has 4 heteroatoms. The summed E-state index contributed by atoms with van der Waals surface area (Å²) >= 11 is 0. The Morgan fingerprint density at radius 1 is 0.471 bits per heavy atom. The minimum atomic E-state index is 0.506. The van der Waals surface area contributed by atoms with Gasteiger partial charge in [0, 0.05) is 0 Å². The summed E-state index contributed by atoms with van der Waals surface area (Å²) in [6.45, 7) is 8.27. The molecule has 4 aromatic rings. The smallest absolute Gasteiger partial charge is 0.229 e. The van der Waals surface area contributed by atoms with Crippen molar-refractivity contribution in [2.45, 2.75) is 27.7 Å². The van der Waals surface area contributed by atoms with E-state index in [0.29, 0.717) is 11.8 Å². The maximum atomic E-state index is 6.41. The zero-order valence-electron chi connectivity index (χ0n) is 19.8. The molecule has 0 bridgehead atoms. The van der Waals surface area contributed by atoms with Crippen molar-refractivity contribution < 1.29 is 9.47 Å². The lowest BCUT2D eigenvalue weighted by molar-refractivity contribution is 0.483. The van der Waals surface area contributed by atoms with Crippen LogP contribution in [0, 0.1) is 27.7 Å². The summed E-state index contributed by atoms with van der Waals surface area (Å²) in [4.78, 5) is 9.94. The van der Waals surface area contributed by atoms with E-state index in [2.05, 4.69) is 39.8 Å². The second kappa shape index (κ2) is 8.99. The second-order valence-electron chi connectivity index (χ2n) is 8.47. The first-order valence-corrected chi connectivity index (χ1v) is 11.4. The van der Waals surface area contributed by atoms with Crippen molar-refractivity contribution in [3.05, 3.63) is 128 Å². The van der Waals surface area contributed by atoms with Gasteiger partial charge in [0.15, 0.2) is 0 Å². The van der Waals surface area contributed by atoms with Crippen LogP contribution >= 0.6 is 0 Å². The number of rotatable bonds is 4. The minimum absolute atomic E-state index is 0.506. The predicted molar refractivity (Wildman–Crippen MR) is 134 cm³/mol. The van der Waals surface area contributed by atoms with Crippen LogP contribution in [0.4, 0.5) is 0 Å². The number of ether oxygens (including phenoxy) is 2. The maximum absolute atomic E-state index is 6.41. The Bertz CT molecular complexity index is 1530. The van der Waals surface area contributed by atoms with Gasteiger partial charge in [-0.15, -0.1) is 0 Å². The SMILES string of the molecule is Cc1cccc(OC2=c3ccccc3=NC(Oc3cccc(C)c3C)=c3ccccc3=N2)c1C. The van der Waals surface area contributed by atoms with Crippen molar-refractivity contribution in [3.63, 3.8) is 0 Å². The molecule has 0 saturated carbocycles. The Balaban J connectivity index is 1.77. The van der Waals surface area contributed by atoms with Gasteiger partial charge in [-0.25, -0.2) is 9.98 Å². The summed E-state index contributed by atoms with van der Waals surface area (Å²) in [5.74, 6) is 2.57. The second-order valence-corrected chi connectivity index (χ2v) is 8.47. The van der Waals surface area contributed by atoms with Gasteiger partial charge in [-0.05, 0) is 86.3 Å². The van der Waals surface area contributed by atoms with Crippen LogP contribution in [0.25, 0.3) is 11.8 Å². The van der Waals surface area contributed by atoms with Gasteiger partial charge in [-0.3, -0.25) is 0 Å². The Labute approximate surface area is 198 Å². The topological polar surface area (TPSA) is 43.2 Å². The van der Waals surface area contributed by atoms with Crippen molar-refractivity contribution in [3.8, 4) is 11.5 Å². The molecule has 0 N–H and O–H groups in total. The largest absolute Gasteiger partial charge is 0.438 e. The fourth-order valence-corrected chi connectivity index (χ4v) is 3.88. The highest BCUT2D eigenvalue weighted by Crippen LogP contribution is 2.24. The Kier molecular flexibility index (Phi) is 5.72. The predicted octanol–water partition coefficient (Wildman–Crippen LogP) is 4.16. The number of benzene rings is 4. The molecule has 0 aliphatic carbocycles. The van der Waals surface area contributed by atoms with Gasteiger partial charge in [-0.1, -0.05) is 48.5 Å². The van der Waals surface area contributed by atoms with Crippen LogP contribution in [0.5, 0.6) is 11.5 Å². The Morgan fingerprint density at radius 3 is 1.32 bits per heavy atom.